The minimum absolute atomic E-state index is 0.0549. The van der Waals surface area contributed by atoms with Crippen molar-refractivity contribution < 1.29 is 23.1 Å². The third-order valence-corrected chi connectivity index (χ3v) is 6.47. The van der Waals surface area contributed by atoms with Gasteiger partial charge in [0.2, 0.25) is 5.91 Å². The molecule has 0 unspecified atom stereocenters. The molecule has 0 saturated carbocycles. The molecule has 2 aliphatic heterocycles. The van der Waals surface area contributed by atoms with Crippen LogP contribution in [0, 0.1) is 22.7 Å². The summed E-state index contributed by atoms with van der Waals surface area (Å²) in [5.41, 5.74) is -1.48. The van der Waals surface area contributed by atoms with Gasteiger partial charge in [0.05, 0.1) is 30.1 Å². The molecule has 10 heteroatoms. The van der Waals surface area contributed by atoms with Crippen LogP contribution >= 0.6 is 0 Å². The number of anilines is 1. The average Bonchev–Trinajstić information content (AvgIpc) is 3.39. The molecule has 2 aromatic rings. The van der Waals surface area contributed by atoms with E-state index in [1.165, 1.54) is 12.1 Å². The fraction of sp³-hybridized carbons (Fsp3) is 0.476. The number of amides is 1. The van der Waals surface area contributed by atoms with Gasteiger partial charge in [0.1, 0.15) is 6.54 Å². The minimum Gasteiger partial charge on any atom is -0.396 e. The van der Waals surface area contributed by atoms with Gasteiger partial charge in [-0.1, -0.05) is 0 Å². The molecule has 2 fully saturated rings. The summed E-state index contributed by atoms with van der Waals surface area (Å²) >= 11 is 0. The number of aromatic nitrogens is 2. The molecule has 0 spiro atoms. The highest BCUT2D eigenvalue weighted by molar-refractivity contribution is 5.76. The Morgan fingerprint density at radius 1 is 1.35 bits per heavy atom. The second kappa shape index (κ2) is 7.89. The molecule has 0 aliphatic carbocycles. The van der Waals surface area contributed by atoms with E-state index in [0.717, 1.165) is 6.07 Å². The first-order chi connectivity index (χ1) is 14.8. The van der Waals surface area contributed by atoms with Gasteiger partial charge in [-0.25, -0.2) is 4.98 Å². The quantitative estimate of drug-likeness (QED) is 0.799. The van der Waals surface area contributed by atoms with Crippen LogP contribution in [0.25, 0.3) is 0 Å². The van der Waals surface area contributed by atoms with Crippen molar-refractivity contribution in [2.45, 2.75) is 19.1 Å². The molecule has 1 N–H and O–H groups in total. The lowest BCUT2D eigenvalue weighted by atomic mass is 9.73. The Balaban J connectivity index is 1.53. The third-order valence-electron chi connectivity index (χ3n) is 6.47. The number of nitriles is 1. The van der Waals surface area contributed by atoms with E-state index in [1.54, 1.807) is 34.3 Å². The summed E-state index contributed by atoms with van der Waals surface area (Å²) in [6.45, 7) is 1.83. The fourth-order valence-corrected chi connectivity index (χ4v) is 4.66. The van der Waals surface area contributed by atoms with Crippen molar-refractivity contribution in [2.75, 3.05) is 37.7 Å². The maximum Gasteiger partial charge on any atom is 0.417 e. The molecule has 0 bridgehead atoms. The number of aliphatic hydroxyl groups is 1. The number of alkyl halides is 3. The summed E-state index contributed by atoms with van der Waals surface area (Å²) < 4.78 is 41.8. The summed E-state index contributed by atoms with van der Waals surface area (Å²) in [5, 5.41) is 19.2. The molecular weight excluding hydrogens is 411 g/mol. The Kier molecular flexibility index (Phi) is 5.39. The van der Waals surface area contributed by atoms with Crippen LogP contribution in [0.1, 0.15) is 17.5 Å². The highest BCUT2D eigenvalue weighted by Crippen LogP contribution is 2.45. The summed E-state index contributed by atoms with van der Waals surface area (Å²) in [5.74, 6) is -0.122. The Labute approximate surface area is 177 Å². The molecule has 1 aromatic carbocycles. The van der Waals surface area contributed by atoms with Gasteiger partial charge in [-0.05, 0) is 24.6 Å². The SMILES string of the molecule is N#Cc1ccc(N2C[C@H]3CN(C(=O)Cn4ccnc4)CC[C@@]3(CO)C2)cc1C(F)(F)F. The zero-order valence-corrected chi connectivity index (χ0v) is 16.7. The molecule has 2 aliphatic rings. The van der Waals surface area contributed by atoms with Crippen molar-refractivity contribution in [3.05, 3.63) is 48.0 Å². The van der Waals surface area contributed by atoms with E-state index in [0.29, 0.717) is 38.3 Å². The number of carbonyl (C=O) groups is 1. The third kappa shape index (κ3) is 3.97. The van der Waals surface area contributed by atoms with Crippen molar-refractivity contribution in [3.8, 4) is 6.07 Å². The standard InChI is InChI=1S/C21H22F3N5O2/c22-21(23,24)18-7-17(2-1-15(18)8-25)29-10-16-9-28(5-3-20(16,12-29)13-30)19(31)11-27-6-4-26-14-27/h1-2,4,6-7,14,16,30H,3,5,9-13H2/t16-,20+/m1/s1. The highest BCUT2D eigenvalue weighted by atomic mass is 19.4. The fourth-order valence-electron chi connectivity index (χ4n) is 4.66. The Morgan fingerprint density at radius 3 is 2.81 bits per heavy atom. The summed E-state index contributed by atoms with van der Waals surface area (Å²) in [6, 6.07) is 5.30. The first-order valence-electron chi connectivity index (χ1n) is 9.96. The first-order valence-corrected chi connectivity index (χ1v) is 9.96. The van der Waals surface area contributed by atoms with Gasteiger partial charge in [-0.3, -0.25) is 4.79 Å². The first kappa shape index (κ1) is 21.2. The smallest absolute Gasteiger partial charge is 0.396 e. The van der Waals surface area contributed by atoms with Crippen molar-refractivity contribution in [3.63, 3.8) is 0 Å². The Morgan fingerprint density at radius 2 is 2.16 bits per heavy atom. The van der Waals surface area contributed by atoms with E-state index < -0.39 is 22.7 Å². The average molecular weight is 433 g/mol. The molecular formula is C21H22F3N5O2. The molecule has 7 nitrogen and oxygen atoms in total. The molecule has 31 heavy (non-hydrogen) atoms. The van der Waals surface area contributed by atoms with E-state index in [2.05, 4.69) is 4.98 Å². The van der Waals surface area contributed by atoms with Gasteiger partial charge in [-0.2, -0.15) is 18.4 Å². The second-order valence-corrected chi connectivity index (χ2v) is 8.26. The van der Waals surface area contributed by atoms with E-state index in [4.69, 9.17) is 5.26 Å². The largest absolute Gasteiger partial charge is 0.417 e. The number of rotatable bonds is 4. The lowest BCUT2D eigenvalue weighted by Crippen LogP contribution is -2.51. The van der Waals surface area contributed by atoms with Crippen molar-refractivity contribution in [2.24, 2.45) is 11.3 Å². The number of nitrogens with zero attached hydrogens (tertiary/aromatic N) is 5. The number of piperidine rings is 1. The highest BCUT2D eigenvalue weighted by Gasteiger charge is 2.50. The number of fused-ring (bicyclic) bond motifs is 1. The van der Waals surface area contributed by atoms with Crippen molar-refractivity contribution in [1.82, 2.24) is 14.5 Å². The lowest BCUT2D eigenvalue weighted by Gasteiger charge is -2.42. The van der Waals surface area contributed by atoms with Crippen LogP contribution in [0.2, 0.25) is 0 Å². The van der Waals surface area contributed by atoms with Crippen LogP contribution < -0.4 is 4.90 Å². The molecule has 164 valence electrons. The molecule has 2 atom stereocenters. The van der Waals surface area contributed by atoms with Gasteiger partial charge in [0.25, 0.3) is 0 Å². The van der Waals surface area contributed by atoms with E-state index in [1.807, 2.05) is 4.90 Å². The summed E-state index contributed by atoms with van der Waals surface area (Å²) in [6.07, 6.45) is 0.823. The van der Waals surface area contributed by atoms with Gasteiger partial charge < -0.3 is 19.5 Å². The second-order valence-electron chi connectivity index (χ2n) is 8.26. The van der Waals surface area contributed by atoms with Crippen LogP contribution in [0.15, 0.2) is 36.9 Å². The zero-order valence-electron chi connectivity index (χ0n) is 16.7. The number of aliphatic hydroxyl groups excluding tert-OH is 1. The topological polar surface area (TPSA) is 85.4 Å². The van der Waals surface area contributed by atoms with E-state index >= 15 is 0 Å². The normalized spacial score (nSPS) is 23.5. The molecule has 0 radical (unpaired) electrons. The number of carbonyl (C=O) groups excluding carboxylic acids is 1. The van der Waals surface area contributed by atoms with Crippen LogP contribution in [0.3, 0.4) is 0 Å². The summed E-state index contributed by atoms with van der Waals surface area (Å²) in [7, 11) is 0. The minimum atomic E-state index is -4.63. The van der Waals surface area contributed by atoms with Gasteiger partial charge in [0.15, 0.2) is 0 Å². The number of likely N-dealkylation sites (tertiary alicyclic amines) is 1. The van der Waals surface area contributed by atoms with Crippen LogP contribution in [-0.2, 0) is 17.5 Å². The van der Waals surface area contributed by atoms with Crippen LogP contribution in [0.5, 0.6) is 0 Å². The number of halogens is 3. The monoisotopic (exact) mass is 433 g/mol. The number of benzene rings is 1. The van der Waals surface area contributed by atoms with Gasteiger partial charge in [-0.15, -0.1) is 0 Å². The number of imidazole rings is 1. The molecule has 3 heterocycles. The van der Waals surface area contributed by atoms with Crippen molar-refractivity contribution in [1.29, 1.82) is 5.26 Å². The maximum atomic E-state index is 13.4. The van der Waals surface area contributed by atoms with Crippen LogP contribution in [-0.4, -0.2) is 58.3 Å². The van der Waals surface area contributed by atoms with E-state index in [9.17, 15) is 23.1 Å². The lowest BCUT2D eigenvalue weighted by molar-refractivity contribution is -0.138. The maximum absolute atomic E-state index is 13.4. The predicted molar refractivity (Wildman–Crippen MR) is 105 cm³/mol. The molecule has 1 aromatic heterocycles. The molecule has 1 amide bonds. The van der Waals surface area contributed by atoms with E-state index in [-0.39, 0.29) is 25.0 Å². The number of hydrogen-bond donors (Lipinski definition) is 1. The van der Waals surface area contributed by atoms with Gasteiger partial charge in [0, 0.05) is 55.6 Å². The molecule has 4 rings (SSSR count). The van der Waals surface area contributed by atoms with Gasteiger partial charge >= 0.3 is 6.18 Å². The Bertz CT molecular complexity index is 1000. The van der Waals surface area contributed by atoms with Crippen molar-refractivity contribution >= 4 is 11.6 Å². The number of hydrogen-bond acceptors (Lipinski definition) is 5. The molecule has 2 saturated heterocycles. The van der Waals surface area contributed by atoms with Crippen LogP contribution in [0.4, 0.5) is 18.9 Å². The Hall–Kier alpha value is -3.06. The zero-order chi connectivity index (χ0) is 22.2. The predicted octanol–water partition coefficient (Wildman–Crippen LogP) is 2.12. The summed E-state index contributed by atoms with van der Waals surface area (Å²) in [4.78, 5) is 20.2.